The first-order valence-corrected chi connectivity index (χ1v) is 9.95. The summed E-state index contributed by atoms with van der Waals surface area (Å²) in [6, 6.07) is 12.6. The maximum Gasteiger partial charge on any atom is 0.253 e. The standard InChI is InChI=1S/C22H25N3O4.ClH/c26-21(8-6-15-9-10-23-12-15)25-18-4-2-1-3-17(18)22(27)24-13-16-5-7-19-20(11-16)29-14-28-19;/h1-5,7,11,15,23H,6,8-10,12-14H2,(H,24,27)(H,25,26);1H. The molecule has 0 aromatic heterocycles. The van der Waals surface area contributed by atoms with Crippen molar-refractivity contribution in [3.05, 3.63) is 53.6 Å². The highest BCUT2D eigenvalue weighted by atomic mass is 35.5. The molecule has 1 saturated heterocycles. The Balaban J connectivity index is 0.00000256. The number of ether oxygens (including phenoxy) is 2. The smallest absolute Gasteiger partial charge is 0.253 e. The number of carbonyl (C=O) groups excluding carboxylic acids is 2. The van der Waals surface area contributed by atoms with E-state index in [4.69, 9.17) is 9.47 Å². The number of amides is 2. The van der Waals surface area contributed by atoms with E-state index in [1.807, 2.05) is 24.3 Å². The van der Waals surface area contributed by atoms with Gasteiger partial charge in [0, 0.05) is 13.0 Å². The Labute approximate surface area is 181 Å². The lowest BCUT2D eigenvalue weighted by atomic mass is 10.0. The fraction of sp³-hybridized carbons (Fsp3) is 0.364. The van der Waals surface area contributed by atoms with Crippen LogP contribution in [0.3, 0.4) is 0 Å². The Morgan fingerprint density at radius 2 is 1.93 bits per heavy atom. The normalized spacial score (nSPS) is 16.6. The summed E-state index contributed by atoms with van der Waals surface area (Å²) in [5.74, 6) is 1.65. The fourth-order valence-corrected chi connectivity index (χ4v) is 3.63. The Morgan fingerprint density at radius 3 is 2.77 bits per heavy atom. The second kappa shape index (κ2) is 10.3. The molecule has 30 heavy (non-hydrogen) atoms. The van der Waals surface area contributed by atoms with Crippen LogP contribution < -0.4 is 25.4 Å². The Kier molecular flexibility index (Phi) is 7.54. The molecule has 4 rings (SSSR count). The van der Waals surface area contributed by atoms with Gasteiger partial charge in [0.25, 0.3) is 5.91 Å². The van der Waals surface area contributed by atoms with Gasteiger partial charge in [-0.1, -0.05) is 18.2 Å². The number of rotatable bonds is 7. The van der Waals surface area contributed by atoms with Gasteiger partial charge in [0.1, 0.15) is 0 Å². The zero-order chi connectivity index (χ0) is 20.1. The van der Waals surface area contributed by atoms with E-state index in [2.05, 4.69) is 16.0 Å². The zero-order valence-electron chi connectivity index (χ0n) is 16.6. The fourth-order valence-electron chi connectivity index (χ4n) is 3.63. The number of fused-ring (bicyclic) bond motifs is 1. The zero-order valence-corrected chi connectivity index (χ0v) is 17.4. The number of hydrogen-bond donors (Lipinski definition) is 3. The van der Waals surface area contributed by atoms with E-state index in [9.17, 15) is 9.59 Å². The molecule has 7 nitrogen and oxygen atoms in total. The lowest BCUT2D eigenvalue weighted by molar-refractivity contribution is -0.116. The molecule has 2 heterocycles. The van der Waals surface area contributed by atoms with Gasteiger partial charge in [0.2, 0.25) is 12.7 Å². The van der Waals surface area contributed by atoms with Crippen molar-refractivity contribution in [1.29, 1.82) is 0 Å². The van der Waals surface area contributed by atoms with E-state index in [1.54, 1.807) is 18.2 Å². The van der Waals surface area contributed by atoms with E-state index in [1.165, 1.54) is 0 Å². The molecule has 2 aliphatic heterocycles. The molecule has 2 aromatic rings. The van der Waals surface area contributed by atoms with Crippen LogP contribution in [-0.2, 0) is 11.3 Å². The van der Waals surface area contributed by atoms with Gasteiger partial charge in [0.15, 0.2) is 11.5 Å². The Hall–Kier alpha value is -2.77. The van der Waals surface area contributed by atoms with E-state index in [0.29, 0.717) is 41.6 Å². The summed E-state index contributed by atoms with van der Waals surface area (Å²) in [4.78, 5) is 25.0. The molecule has 0 saturated carbocycles. The van der Waals surface area contributed by atoms with Crippen molar-refractivity contribution >= 4 is 29.9 Å². The van der Waals surface area contributed by atoms with Crippen molar-refractivity contribution in [2.24, 2.45) is 5.92 Å². The first-order chi connectivity index (χ1) is 14.2. The number of halogens is 1. The molecular weight excluding hydrogens is 406 g/mol. The van der Waals surface area contributed by atoms with Crippen LogP contribution in [-0.4, -0.2) is 31.7 Å². The lowest BCUT2D eigenvalue weighted by Gasteiger charge is -2.13. The monoisotopic (exact) mass is 431 g/mol. The van der Waals surface area contributed by atoms with Crippen LogP contribution >= 0.6 is 12.4 Å². The highest BCUT2D eigenvalue weighted by Gasteiger charge is 2.18. The maximum absolute atomic E-state index is 12.7. The number of benzene rings is 2. The molecule has 2 amide bonds. The minimum atomic E-state index is -0.237. The third-order valence-corrected chi connectivity index (χ3v) is 5.28. The first-order valence-electron chi connectivity index (χ1n) is 9.95. The molecule has 0 bridgehead atoms. The molecule has 1 atom stereocenters. The van der Waals surface area contributed by atoms with Crippen LogP contribution in [0.2, 0.25) is 0 Å². The van der Waals surface area contributed by atoms with Crippen molar-refractivity contribution in [2.75, 3.05) is 25.2 Å². The van der Waals surface area contributed by atoms with Crippen LogP contribution in [0.1, 0.15) is 35.2 Å². The van der Waals surface area contributed by atoms with Gasteiger partial charge in [0.05, 0.1) is 11.3 Å². The largest absolute Gasteiger partial charge is 0.454 e. The average Bonchev–Trinajstić information content (AvgIpc) is 3.42. The predicted octanol–water partition coefficient (Wildman–Crippen LogP) is 3.10. The van der Waals surface area contributed by atoms with Gasteiger partial charge >= 0.3 is 0 Å². The van der Waals surface area contributed by atoms with Crippen molar-refractivity contribution in [3.63, 3.8) is 0 Å². The van der Waals surface area contributed by atoms with E-state index in [0.717, 1.165) is 31.5 Å². The van der Waals surface area contributed by atoms with Crippen molar-refractivity contribution in [3.8, 4) is 11.5 Å². The molecule has 0 aliphatic carbocycles. The first kappa shape index (κ1) is 21.9. The number of para-hydroxylation sites is 1. The molecule has 3 N–H and O–H groups in total. The van der Waals surface area contributed by atoms with Gasteiger partial charge in [-0.3, -0.25) is 9.59 Å². The summed E-state index contributed by atoms with van der Waals surface area (Å²) in [6.07, 6.45) is 2.43. The number of nitrogens with one attached hydrogen (secondary N) is 3. The molecule has 1 unspecified atom stereocenters. The van der Waals surface area contributed by atoms with Crippen LogP contribution in [0.5, 0.6) is 11.5 Å². The van der Waals surface area contributed by atoms with Crippen LogP contribution in [0.25, 0.3) is 0 Å². The van der Waals surface area contributed by atoms with Crippen molar-refractivity contribution < 1.29 is 19.1 Å². The van der Waals surface area contributed by atoms with Gasteiger partial charge < -0.3 is 25.4 Å². The third kappa shape index (κ3) is 5.43. The number of hydrogen-bond acceptors (Lipinski definition) is 5. The SMILES string of the molecule is Cl.O=C(CCC1CCNC1)Nc1ccccc1C(=O)NCc1ccc2c(c1)OCO2. The van der Waals surface area contributed by atoms with Crippen molar-refractivity contribution in [2.45, 2.75) is 25.8 Å². The third-order valence-electron chi connectivity index (χ3n) is 5.28. The second-order valence-corrected chi connectivity index (χ2v) is 7.36. The van der Waals surface area contributed by atoms with Gasteiger partial charge in [-0.15, -0.1) is 12.4 Å². The summed E-state index contributed by atoms with van der Waals surface area (Å²) >= 11 is 0. The second-order valence-electron chi connectivity index (χ2n) is 7.36. The number of anilines is 1. The van der Waals surface area contributed by atoms with E-state index in [-0.39, 0.29) is 31.0 Å². The summed E-state index contributed by atoms with van der Waals surface area (Å²) in [6.45, 7) is 2.58. The Bertz CT molecular complexity index is 900. The summed E-state index contributed by atoms with van der Waals surface area (Å²) in [7, 11) is 0. The predicted molar refractivity (Wildman–Crippen MR) is 116 cm³/mol. The summed E-state index contributed by atoms with van der Waals surface area (Å²) < 4.78 is 10.7. The van der Waals surface area contributed by atoms with Crippen LogP contribution in [0.15, 0.2) is 42.5 Å². The highest BCUT2D eigenvalue weighted by molar-refractivity contribution is 6.03. The van der Waals surface area contributed by atoms with Crippen LogP contribution in [0.4, 0.5) is 5.69 Å². The highest BCUT2D eigenvalue weighted by Crippen LogP contribution is 2.32. The minimum absolute atomic E-state index is 0. The van der Waals surface area contributed by atoms with Gasteiger partial charge in [-0.05, 0) is 61.7 Å². The molecule has 2 aliphatic rings. The summed E-state index contributed by atoms with van der Waals surface area (Å²) in [5, 5.41) is 9.10. The number of carbonyl (C=O) groups is 2. The van der Waals surface area contributed by atoms with E-state index >= 15 is 0 Å². The molecule has 0 radical (unpaired) electrons. The maximum atomic E-state index is 12.7. The summed E-state index contributed by atoms with van der Waals surface area (Å²) in [5.41, 5.74) is 1.89. The Morgan fingerprint density at radius 1 is 1.10 bits per heavy atom. The molecular formula is C22H26ClN3O4. The molecule has 2 aromatic carbocycles. The topological polar surface area (TPSA) is 88.7 Å². The minimum Gasteiger partial charge on any atom is -0.454 e. The van der Waals surface area contributed by atoms with Crippen LogP contribution in [0, 0.1) is 5.92 Å². The van der Waals surface area contributed by atoms with Gasteiger partial charge in [-0.2, -0.15) is 0 Å². The molecule has 8 heteroatoms. The van der Waals surface area contributed by atoms with Gasteiger partial charge in [-0.25, -0.2) is 0 Å². The molecule has 160 valence electrons. The van der Waals surface area contributed by atoms with Crippen molar-refractivity contribution in [1.82, 2.24) is 10.6 Å². The lowest BCUT2D eigenvalue weighted by Crippen LogP contribution is -2.25. The van der Waals surface area contributed by atoms with E-state index < -0.39 is 0 Å². The quantitative estimate of drug-likeness (QED) is 0.627. The molecule has 0 spiro atoms. The molecule has 1 fully saturated rings. The average molecular weight is 432 g/mol.